The second-order valence-corrected chi connectivity index (χ2v) is 12.8. The summed E-state index contributed by atoms with van der Waals surface area (Å²) < 4.78 is 59.2. The molecule has 3 aliphatic rings. The van der Waals surface area contributed by atoms with Crippen LogP contribution in [0.4, 0.5) is 25.2 Å². The molecule has 4 amide bonds. The van der Waals surface area contributed by atoms with Crippen LogP contribution in [-0.2, 0) is 32.1 Å². The van der Waals surface area contributed by atoms with Crippen molar-refractivity contribution in [2.45, 2.75) is 44.3 Å². The summed E-state index contributed by atoms with van der Waals surface area (Å²) in [5.41, 5.74) is 3.33. The minimum atomic E-state index is -10.7. The molecule has 2 saturated heterocycles. The van der Waals surface area contributed by atoms with Gasteiger partial charge in [0.15, 0.2) is 0 Å². The van der Waals surface area contributed by atoms with Gasteiger partial charge in [0.2, 0.25) is 23.6 Å². The third kappa shape index (κ3) is 9.80. The van der Waals surface area contributed by atoms with Crippen molar-refractivity contribution in [1.29, 1.82) is 0 Å². The van der Waals surface area contributed by atoms with Crippen LogP contribution in [0.2, 0.25) is 0 Å². The summed E-state index contributed by atoms with van der Waals surface area (Å²) in [7, 11) is -10.7. The summed E-state index contributed by atoms with van der Waals surface area (Å²) in [5, 5.41) is 8.50. The van der Waals surface area contributed by atoms with Crippen molar-refractivity contribution < 1.29 is 49.3 Å². The standard InChI is InChI=1S/C27H30N4O4.F6P/c32-23-13-20(14-24(33)29-23)27(35)30-25-21-9-5-4-8-18(21)12-22(25)28-26(34)19-10-11-31(16-19)15-17-6-2-1-3-7-17;1-7(2,3,4,5)6/h1-9,19-20,22,25H,10-16H2,(H,28,34)(H,30,35)(H,29,32,33);/q;-1/p+1/t19?,22-,25-;/m1./s1. The maximum absolute atomic E-state index is 13.2. The average molecular weight is 621 g/mol. The van der Waals surface area contributed by atoms with Crippen molar-refractivity contribution >= 4 is 31.4 Å². The van der Waals surface area contributed by atoms with E-state index in [0.717, 1.165) is 37.2 Å². The summed E-state index contributed by atoms with van der Waals surface area (Å²) in [6, 6.07) is 17.5. The Labute approximate surface area is 237 Å². The van der Waals surface area contributed by atoms with E-state index in [1.54, 1.807) is 0 Å². The van der Waals surface area contributed by atoms with Gasteiger partial charge in [0.1, 0.15) is 6.54 Å². The quantitative estimate of drug-likeness (QED) is 0.226. The number of fused-ring (bicyclic) bond motifs is 1. The number of carbonyl (C=O) groups excluding carboxylic acids is 4. The number of hydrogen-bond acceptors (Lipinski definition) is 4. The number of nitrogens with one attached hydrogen (secondary N) is 4. The van der Waals surface area contributed by atoms with Gasteiger partial charge in [-0.25, -0.2) is 0 Å². The van der Waals surface area contributed by atoms with E-state index in [2.05, 4.69) is 28.1 Å². The van der Waals surface area contributed by atoms with E-state index in [0.29, 0.717) is 6.42 Å². The number of hydrogen-bond donors (Lipinski definition) is 4. The zero-order chi connectivity index (χ0) is 30.8. The number of rotatable bonds is 6. The SMILES string of the molecule is F[P-](F)(F)(F)(F)F.O=C1CC(C(=O)N[C@@H]2c3ccccc3C[C@H]2NC(=O)C2CC[NH+](Cc3ccccc3)C2)CC(=O)N1. The summed E-state index contributed by atoms with van der Waals surface area (Å²) >= 11 is 0. The van der Waals surface area contributed by atoms with E-state index in [4.69, 9.17) is 0 Å². The van der Waals surface area contributed by atoms with E-state index in [1.165, 1.54) is 10.5 Å². The molecule has 2 aromatic carbocycles. The predicted octanol–water partition coefficient (Wildman–Crippen LogP) is 3.43. The smallest absolute Gasteiger partial charge is 0.229 e. The van der Waals surface area contributed by atoms with Crippen molar-refractivity contribution in [2.24, 2.45) is 11.8 Å². The van der Waals surface area contributed by atoms with Gasteiger partial charge in [0, 0.05) is 24.8 Å². The minimum absolute atomic E-state index is 0.00886. The molecule has 0 spiro atoms. The van der Waals surface area contributed by atoms with Gasteiger partial charge < -0.3 is 15.5 Å². The molecule has 1 aliphatic carbocycles. The Kier molecular flexibility index (Phi) is 8.45. The van der Waals surface area contributed by atoms with Gasteiger partial charge in [-0.1, -0.05) is 54.6 Å². The molecule has 0 radical (unpaired) electrons. The number of quaternary nitrogens is 1. The first-order valence-electron chi connectivity index (χ1n) is 13.4. The largest absolute Gasteiger partial charge is 0.350 e. The number of piperidine rings is 1. The van der Waals surface area contributed by atoms with Crippen LogP contribution >= 0.6 is 7.81 Å². The Morgan fingerprint density at radius 1 is 0.810 bits per heavy atom. The van der Waals surface area contributed by atoms with Gasteiger partial charge >= 0.3 is 33.0 Å². The zero-order valence-electron chi connectivity index (χ0n) is 22.3. The van der Waals surface area contributed by atoms with Gasteiger partial charge in [-0.15, -0.1) is 0 Å². The number of carbonyl (C=O) groups is 4. The fourth-order valence-electron chi connectivity index (χ4n) is 5.64. The monoisotopic (exact) mass is 620 g/mol. The average Bonchev–Trinajstić information content (AvgIpc) is 3.47. The van der Waals surface area contributed by atoms with E-state index in [-0.39, 0.29) is 36.6 Å². The van der Waals surface area contributed by atoms with E-state index >= 15 is 0 Å². The molecule has 0 saturated carbocycles. The second kappa shape index (κ2) is 11.3. The molecule has 4 atom stereocenters. The Morgan fingerprint density at radius 3 is 2.02 bits per heavy atom. The molecule has 2 aliphatic heterocycles. The molecular weight excluding hydrogens is 589 g/mol. The normalized spacial score (nSPS) is 25.7. The van der Waals surface area contributed by atoms with Crippen molar-refractivity contribution in [3.8, 4) is 0 Å². The van der Waals surface area contributed by atoms with E-state index in [9.17, 15) is 44.4 Å². The van der Waals surface area contributed by atoms with Gasteiger partial charge in [0.05, 0.1) is 37.0 Å². The third-order valence-electron chi connectivity index (χ3n) is 7.42. The summed E-state index contributed by atoms with van der Waals surface area (Å²) in [5.74, 6) is -1.91. The van der Waals surface area contributed by atoms with Crippen LogP contribution in [0.15, 0.2) is 54.6 Å². The Hall–Kier alpha value is -3.51. The molecule has 230 valence electrons. The van der Waals surface area contributed by atoms with Gasteiger partial charge in [-0.2, -0.15) is 0 Å². The number of likely N-dealkylation sites (tertiary alicyclic amines) is 1. The fourth-order valence-corrected chi connectivity index (χ4v) is 5.64. The van der Waals surface area contributed by atoms with Crippen LogP contribution in [0.3, 0.4) is 0 Å². The summed E-state index contributed by atoms with van der Waals surface area (Å²) in [4.78, 5) is 51.1. The molecule has 8 nitrogen and oxygen atoms in total. The van der Waals surface area contributed by atoms with Crippen LogP contribution < -0.4 is 20.9 Å². The van der Waals surface area contributed by atoms with E-state index in [1.807, 2.05) is 42.5 Å². The molecule has 2 unspecified atom stereocenters. The minimum Gasteiger partial charge on any atom is -0.350 e. The van der Waals surface area contributed by atoms with Crippen molar-refractivity contribution in [2.75, 3.05) is 13.1 Å². The zero-order valence-corrected chi connectivity index (χ0v) is 23.2. The summed E-state index contributed by atoms with van der Waals surface area (Å²) in [6.45, 7) is 2.65. The topological polar surface area (TPSA) is 109 Å². The number of imide groups is 1. The summed E-state index contributed by atoms with van der Waals surface area (Å²) in [6.07, 6.45) is 1.45. The Balaban J connectivity index is 0.000000517. The Bertz CT molecular complexity index is 1330. The molecule has 0 bridgehead atoms. The fraction of sp³-hybridized carbons (Fsp3) is 0.407. The van der Waals surface area contributed by atoms with Crippen molar-refractivity contribution in [3.05, 3.63) is 71.3 Å². The number of amides is 4. The van der Waals surface area contributed by atoms with Crippen LogP contribution in [0, 0.1) is 11.8 Å². The molecule has 2 fully saturated rings. The molecule has 15 heteroatoms. The molecular formula is C27H31F6N4O4P. The van der Waals surface area contributed by atoms with Crippen LogP contribution in [0.1, 0.15) is 42.0 Å². The van der Waals surface area contributed by atoms with Crippen LogP contribution in [0.5, 0.6) is 0 Å². The maximum Gasteiger partial charge on any atom is 0.229 e. The van der Waals surface area contributed by atoms with Crippen molar-refractivity contribution in [1.82, 2.24) is 16.0 Å². The van der Waals surface area contributed by atoms with Crippen LogP contribution in [-0.4, -0.2) is 42.8 Å². The first-order chi connectivity index (χ1) is 19.4. The first-order valence-corrected chi connectivity index (χ1v) is 15.4. The second-order valence-electron chi connectivity index (χ2n) is 10.9. The van der Waals surface area contributed by atoms with Crippen molar-refractivity contribution in [3.63, 3.8) is 0 Å². The predicted molar refractivity (Wildman–Crippen MR) is 141 cm³/mol. The first kappa shape index (κ1) is 31.4. The molecule has 4 N–H and O–H groups in total. The van der Waals surface area contributed by atoms with Gasteiger partial charge in [-0.05, 0) is 17.5 Å². The molecule has 42 heavy (non-hydrogen) atoms. The third-order valence-corrected chi connectivity index (χ3v) is 7.42. The number of benzene rings is 2. The Morgan fingerprint density at radius 2 is 1.38 bits per heavy atom. The number of halogens is 6. The van der Waals surface area contributed by atoms with Gasteiger partial charge in [0.25, 0.3) is 0 Å². The maximum atomic E-state index is 13.2. The molecule has 2 aromatic rings. The van der Waals surface area contributed by atoms with E-state index < -0.39 is 31.6 Å². The molecule has 5 rings (SSSR count). The van der Waals surface area contributed by atoms with Crippen LogP contribution in [0.25, 0.3) is 0 Å². The molecule has 0 aromatic heterocycles. The van der Waals surface area contributed by atoms with Gasteiger partial charge in [-0.3, -0.25) is 24.5 Å². The molecule has 2 heterocycles.